The molecular weight excluding hydrogens is 246 g/mol. The molecule has 0 saturated heterocycles. The van der Waals surface area contributed by atoms with Crippen molar-refractivity contribution < 1.29 is 4.79 Å². The van der Waals surface area contributed by atoms with E-state index in [0.29, 0.717) is 11.4 Å². The third kappa shape index (κ3) is 1.60. The maximum Gasteiger partial charge on any atom is 0.268 e. The second kappa shape index (κ2) is 3.96. The van der Waals surface area contributed by atoms with Gasteiger partial charge in [-0.2, -0.15) is 0 Å². The summed E-state index contributed by atoms with van der Waals surface area (Å²) in [6.07, 6.45) is 1.81. The highest BCUT2D eigenvalue weighted by atomic mass is 32.1. The Balaban J connectivity index is 2.27. The highest BCUT2D eigenvalue weighted by molar-refractivity contribution is 7.15. The number of carbonyl (C=O) groups excluding carboxylic acids is 1. The summed E-state index contributed by atoms with van der Waals surface area (Å²) in [6.45, 7) is 2.02. The number of thiazole rings is 1. The molecule has 3 aromatic rings. The number of fused-ring (bicyclic) bond motifs is 1. The van der Waals surface area contributed by atoms with Gasteiger partial charge in [0.1, 0.15) is 11.4 Å². The zero-order valence-corrected chi connectivity index (χ0v) is 10.6. The van der Waals surface area contributed by atoms with Crippen LogP contribution in [-0.2, 0) is 0 Å². The van der Waals surface area contributed by atoms with E-state index in [2.05, 4.69) is 4.98 Å². The number of hydrogen-bond donors (Lipinski definition) is 1. The minimum absolute atomic E-state index is 0.440. The lowest BCUT2D eigenvalue weighted by atomic mass is 10.1. The van der Waals surface area contributed by atoms with E-state index in [9.17, 15) is 4.79 Å². The second-order valence-electron chi connectivity index (χ2n) is 4.09. The lowest BCUT2D eigenvalue weighted by Crippen LogP contribution is -2.14. The molecule has 90 valence electrons. The fourth-order valence-electron chi connectivity index (χ4n) is 1.93. The molecule has 2 heterocycles. The first-order valence-corrected chi connectivity index (χ1v) is 6.37. The van der Waals surface area contributed by atoms with Gasteiger partial charge >= 0.3 is 0 Å². The molecule has 0 aliphatic heterocycles. The van der Waals surface area contributed by atoms with Crippen molar-refractivity contribution in [2.75, 3.05) is 0 Å². The minimum Gasteiger partial charge on any atom is -0.364 e. The molecule has 0 aliphatic rings. The standard InChI is InChI=1S/C13H11N3OS/c1-8-2-4-9(5-3-8)10-11(12(14)17)16-6-7-18-13(16)15-10/h2-7H,1H3,(H2,14,17). The largest absolute Gasteiger partial charge is 0.364 e. The fraction of sp³-hybridized carbons (Fsp3) is 0.0769. The summed E-state index contributed by atoms with van der Waals surface area (Å²) in [5.41, 5.74) is 8.62. The number of imidazole rings is 1. The van der Waals surface area contributed by atoms with Crippen LogP contribution in [0.4, 0.5) is 0 Å². The highest BCUT2D eigenvalue weighted by Crippen LogP contribution is 2.26. The molecule has 4 nitrogen and oxygen atoms in total. The Bertz CT molecular complexity index is 724. The van der Waals surface area contributed by atoms with Crippen molar-refractivity contribution in [2.24, 2.45) is 5.73 Å². The number of nitrogens with zero attached hydrogens (tertiary/aromatic N) is 2. The number of aryl methyl sites for hydroxylation is 1. The van der Waals surface area contributed by atoms with E-state index >= 15 is 0 Å². The van der Waals surface area contributed by atoms with Gasteiger partial charge in [0.25, 0.3) is 5.91 Å². The molecule has 1 amide bonds. The molecule has 0 aliphatic carbocycles. The summed E-state index contributed by atoms with van der Waals surface area (Å²) in [5, 5.41) is 1.88. The maximum absolute atomic E-state index is 11.6. The van der Waals surface area contributed by atoms with Gasteiger partial charge in [0.15, 0.2) is 4.96 Å². The molecule has 3 rings (SSSR count). The van der Waals surface area contributed by atoms with Crippen LogP contribution >= 0.6 is 11.3 Å². The smallest absolute Gasteiger partial charge is 0.268 e. The summed E-state index contributed by atoms with van der Waals surface area (Å²) in [6, 6.07) is 7.89. The van der Waals surface area contributed by atoms with Crippen molar-refractivity contribution >= 4 is 22.2 Å². The molecule has 0 atom stereocenters. The van der Waals surface area contributed by atoms with Gasteiger partial charge < -0.3 is 5.73 Å². The second-order valence-corrected chi connectivity index (χ2v) is 4.97. The number of hydrogen-bond acceptors (Lipinski definition) is 3. The summed E-state index contributed by atoms with van der Waals surface area (Å²) in [7, 11) is 0. The first kappa shape index (κ1) is 11.0. The maximum atomic E-state index is 11.6. The highest BCUT2D eigenvalue weighted by Gasteiger charge is 2.18. The molecule has 0 fully saturated rings. The predicted octanol–water partition coefficient (Wildman–Crippen LogP) is 2.47. The average molecular weight is 257 g/mol. The van der Waals surface area contributed by atoms with E-state index in [1.807, 2.05) is 42.8 Å². The fourth-order valence-corrected chi connectivity index (χ4v) is 2.65. The van der Waals surface area contributed by atoms with Crippen molar-refractivity contribution in [2.45, 2.75) is 6.92 Å². The number of primary amides is 1. The summed E-state index contributed by atoms with van der Waals surface area (Å²) < 4.78 is 1.74. The zero-order valence-electron chi connectivity index (χ0n) is 9.75. The van der Waals surface area contributed by atoms with Crippen molar-refractivity contribution in [1.29, 1.82) is 0 Å². The van der Waals surface area contributed by atoms with Crippen LogP contribution in [-0.4, -0.2) is 15.3 Å². The lowest BCUT2D eigenvalue weighted by molar-refractivity contribution is 0.0995. The first-order chi connectivity index (χ1) is 8.66. The molecular formula is C13H11N3OS. The molecule has 0 bridgehead atoms. The Morgan fingerprint density at radius 2 is 2.06 bits per heavy atom. The molecule has 5 heteroatoms. The molecule has 1 aromatic carbocycles. The molecule has 18 heavy (non-hydrogen) atoms. The molecule has 2 N–H and O–H groups in total. The molecule has 0 unspecified atom stereocenters. The Hall–Kier alpha value is -2.14. The number of carbonyl (C=O) groups is 1. The van der Waals surface area contributed by atoms with Crippen molar-refractivity contribution in [3.05, 3.63) is 47.1 Å². The third-order valence-corrected chi connectivity index (χ3v) is 3.58. The monoisotopic (exact) mass is 257 g/mol. The van der Waals surface area contributed by atoms with Gasteiger partial charge in [0.05, 0.1) is 0 Å². The summed E-state index contributed by atoms with van der Waals surface area (Å²) in [5.74, 6) is -0.462. The van der Waals surface area contributed by atoms with Gasteiger partial charge in [0.2, 0.25) is 0 Å². The Labute approximate surface area is 108 Å². The summed E-state index contributed by atoms with van der Waals surface area (Å²) in [4.78, 5) is 16.9. The quantitative estimate of drug-likeness (QED) is 0.766. The first-order valence-electron chi connectivity index (χ1n) is 5.49. The number of aromatic nitrogens is 2. The molecule has 0 radical (unpaired) electrons. The normalized spacial score (nSPS) is 10.9. The van der Waals surface area contributed by atoms with E-state index in [1.54, 1.807) is 4.40 Å². The van der Waals surface area contributed by atoms with Crippen LogP contribution in [0.25, 0.3) is 16.2 Å². The Kier molecular flexibility index (Phi) is 2.41. The summed E-state index contributed by atoms with van der Waals surface area (Å²) >= 11 is 1.48. The molecule has 0 saturated carbocycles. The van der Waals surface area contributed by atoms with E-state index in [1.165, 1.54) is 16.9 Å². The van der Waals surface area contributed by atoms with Gasteiger partial charge in [-0.1, -0.05) is 29.8 Å². The predicted molar refractivity (Wildman–Crippen MR) is 71.8 cm³/mol. The van der Waals surface area contributed by atoms with Crippen LogP contribution in [0, 0.1) is 6.92 Å². The Morgan fingerprint density at radius 1 is 1.33 bits per heavy atom. The van der Waals surface area contributed by atoms with Crippen LogP contribution < -0.4 is 5.73 Å². The van der Waals surface area contributed by atoms with Gasteiger partial charge in [-0.15, -0.1) is 11.3 Å². The average Bonchev–Trinajstić information content (AvgIpc) is 2.88. The SMILES string of the molecule is Cc1ccc(-c2nc3sccn3c2C(N)=O)cc1. The van der Waals surface area contributed by atoms with Gasteiger partial charge in [-0.3, -0.25) is 9.20 Å². The van der Waals surface area contributed by atoms with Crippen LogP contribution in [0.15, 0.2) is 35.8 Å². The third-order valence-electron chi connectivity index (χ3n) is 2.82. The van der Waals surface area contributed by atoms with Crippen LogP contribution in [0.2, 0.25) is 0 Å². The number of benzene rings is 1. The molecule has 2 aromatic heterocycles. The number of rotatable bonds is 2. The minimum atomic E-state index is -0.462. The number of nitrogens with two attached hydrogens (primary N) is 1. The topological polar surface area (TPSA) is 60.4 Å². The van der Waals surface area contributed by atoms with E-state index in [-0.39, 0.29) is 0 Å². The molecule has 0 spiro atoms. The Morgan fingerprint density at radius 3 is 2.72 bits per heavy atom. The lowest BCUT2D eigenvalue weighted by Gasteiger charge is -2.01. The van der Waals surface area contributed by atoms with Crippen molar-refractivity contribution in [1.82, 2.24) is 9.38 Å². The van der Waals surface area contributed by atoms with Gasteiger partial charge in [0, 0.05) is 17.1 Å². The van der Waals surface area contributed by atoms with Gasteiger partial charge in [-0.05, 0) is 6.92 Å². The van der Waals surface area contributed by atoms with E-state index < -0.39 is 5.91 Å². The van der Waals surface area contributed by atoms with E-state index in [4.69, 9.17) is 5.73 Å². The van der Waals surface area contributed by atoms with Crippen molar-refractivity contribution in [3.8, 4) is 11.3 Å². The number of amides is 1. The van der Waals surface area contributed by atoms with Crippen LogP contribution in [0.5, 0.6) is 0 Å². The van der Waals surface area contributed by atoms with Gasteiger partial charge in [-0.25, -0.2) is 4.98 Å². The van der Waals surface area contributed by atoms with Crippen LogP contribution in [0.1, 0.15) is 16.1 Å². The van der Waals surface area contributed by atoms with Crippen molar-refractivity contribution in [3.63, 3.8) is 0 Å². The van der Waals surface area contributed by atoms with Crippen LogP contribution in [0.3, 0.4) is 0 Å². The van der Waals surface area contributed by atoms with E-state index in [0.717, 1.165) is 10.5 Å². The zero-order chi connectivity index (χ0) is 12.7.